The van der Waals surface area contributed by atoms with Crippen LogP contribution in [0.5, 0.6) is 0 Å². The molecule has 1 heterocycles. The monoisotopic (exact) mass is 244 g/mol. The molecule has 1 saturated heterocycles. The number of hydrogen-bond acceptors (Lipinski definition) is 4. The highest BCUT2D eigenvalue weighted by Crippen LogP contribution is 2.23. The number of hydrogen-bond donors (Lipinski definition) is 2. The van der Waals surface area contributed by atoms with Crippen molar-refractivity contribution in [3.63, 3.8) is 0 Å². The Morgan fingerprint density at radius 1 is 1.53 bits per heavy atom. The van der Waals surface area contributed by atoms with Gasteiger partial charge in [-0.1, -0.05) is 6.92 Å². The molecular formula is C11H20N2O4. The van der Waals surface area contributed by atoms with E-state index in [0.717, 1.165) is 0 Å². The molecule has 6 nitrogen and oxygen atoms in total. The second-order valence-corrected chi connectivity index (χ2v) is 4.52. The van der Waals surface area contributed by atoms with Gasteiger partial charge in [-0.25, -0.2) is 0 Å². The largest absolute Gasteiger partial charge is 0.481 e. The Balaban J connectivity index is 2.52. The molecule has 0 saturated carbocycles. The zero-order chi connectivity index (χ0) is 13.0. The number of amides is 1. The Labute approximate surface area is 101 Å². The molecule has 3 N–H and O–H groups in total. The normalized spacial score (nSPS) is 25.9. The summed E-state index contributed by atoms with van der Waals surface area (Å²) in [6, 6.07) is 0. The summed E-state index contributed by atoms with van der Waals surface area (Å²) in [7, 11) is 1.51. The molecule has 98 valence electrons. The van der Waals surface area contributed by atoms with Crippen LogP contribution in [0.3, 0.4) is 0 Å². The van der Waals surface area contributed by atoms with E-state index in [1.807, 2.05) is 6.92 Å². The first-order valence-electron chi connectivity index (χ1n) is 5.73. The first-order valence-corrected chi connectivity index (χ1v) is 5.73. The van der Waals surface area contributed by atoms with Gasteiger partial charge in [0.1, 0.15) is 0 Å². The summed E-state index contributed by atoms with van der Waals surface area (Å²) in [5.74, 6) is -1.39. The number of nitrogens with two attached hydrogens (primary N) is 1. The van der Waals surface area contributed by atoms with Gasteiger partial charge in [0.25, 0.3) is 0 Å². The van der Waals surface area contributed by atoms with Gasteiger partial charge in [-0.05, 0) is 5.92 Å². The highest BCUT2D eigenvalue weighted by atomic mass is 16.5. The van der Waals surface area contributed by atoms with Gasteiger partial charge in [-0.15, -0.1) is 0 Å². The Morgan fingerprint density at radius 2 is 2.18 bits per heavy atom. The van der Waals surface area contributed by atoms with E-state index in [1.54, 1.807) is 4.90 Å². The lowest BCUT2D eigenvalue weighted by Gasteiger charge is -2.19. The second kappa shape index (κ2) is 5.97. The molecular weight excluding hydrogens is 224 g/mol. The van der Waals surface area contributed by atoms with Gasteiger partial charge in [0.2, 0.25) is 5.91 Å². The number of carbonyl (C=O) groups is 2. The predicted molar refractivity (Wildman–Crippen MR) is 61.3 cm³/mol. The van der Waals surface area contributed by atoms with E-state index in [-0.39, 0.29) is 37.4 Å². The van der Waals surface area contributed by atoms with Crippen molar-refractivity contribution in [2.75, 3.05) is 26.7 Å². The van der Waals surface area contributed by atoms with Gasteiger partial charge < -0.3 is 20.5 Å². The van der Waals surface area contributed by atoms with Gasteiger partial charge in [-0.2, -0.15) is 0 Å². The van der Waals surface area contributed by atoms with E-state index < -0.39 is 11.9 Å². The van der Waals surface area contributed by atoms with E-state index >= 15 is 0 Å². The number of carboxylic acid groups (broad SMARTS) is 1. The summed E-state index contributed by atoms with van der Waals surface area (Å²) in [5.41, 5.74) is 5.44. The molecule has 0 radical (unpaired) electrons. The Kier molecular flexibility index (Phi) is 4.89. The van der Waals surface area contributed by atoms with Crippen molar-refractivity contribution in [2.45, 2.75) is 19.4 Å². The first kappa shape index (κ1) is 13.9. The number of ether oxygens (including phenoxy) is 1. The van der Waals surface area contributed by atoms with Gasteiger partial charge in [-0.3, -0.25) is 9.59 Å². The number of rotatable bonds is 5. The van der Waals surface area contributed by atoms with Crippen LogP contribution >= 0.6 is 0 Å². The summed E-state index contributed by atoms with van der Waals surface area (Å²) in [6.07, 6.45) is -0.0758. The second-order valence-electron chi connectivity index (χ2n) is 4.52. The topological polar surface area (TPSA) is 92.9 Å². The van der Waals surface area contributed by atoms with Crippen LogP contribution in [-0.4, -0.2) is 54.7 Å². The van der Waals surface area contributed by atoms with Crippen LogP contribution in [0.25, 0.3) is 0 Å². The third-order valence-electron chi connectivity index (χ3n) is 3.28. The fourth-order valence-electron chi connectivity index (χ4n) is 2.08. The molecule has 17 heavy (non-hydrogen) atoms. The molecule has 1 aliphatic rings. The first-order chi connectivity index (χ1) is 7.99. The number of likely N-dealkylation sites (tertiary alicyclic amines) is 1. The summed E-state index contributed by atoms with van der Waals surface area (Å²) in [6.45, 7) is 2.92. The molecule has 0 spiro atoms. The zero-order valence-corrected chi connectivity index (χ0v) is 10.3. The average molecular weight is 244 g/mol. The molecule has 0 aromatic heterocycles. The van der Waals surface area contributed by atoms with E-state index in [0.29, 0.717) is 6.54 Å². The number of carboxylic acids is 1. The number of aliphatic carboxylic acids is 1. The molecule has 1 aliphatic heterocycles. The van der Waals surface area contributed by atoms with Gasteiger partial charge >= 0.3 is 5.97 Å². The van der Waals surface area contributed by atoms with Crippen LogP contribution < -0.4 is 5.73 Å². The molecule has 6 heteroatoms. The number of methoxy groups -OCH3 is 1. The number of carbonyl (C=O) groups excluding carboxylic acids is 1. The van der Waals surface area contributed by atoms with Crippen LogP contribution in [0.15, 0.2) is 0 Å². The van der Waals surface area contributed by atoms with Gasteiger partial charge in [0.05, 0.1) is 18.4 Å². The molecule has 0 aliphatic carbocycles. The lowest BCUT2D eigenvalue weighted by atomic mass is 9.99. The van der Waals surface area contributed by atoms with E-state index in [4.69, 9.17) is 15.6 Å². The van der Waals surface area contributed by atoms with Crippen molar-refractivity contribution >= 4 is 11.9 Å². The van der Waals surface area contributed by atoms with Gasteiger partial charge in [0, 0.05) is 26.7 Å². The quantitative estimate of drug-likeness (QED) is 0.682. The Hall–Kier alpha value is -1.14. The maximum atomic E-state index is 11.9. The Morgan fingerprint density at radius 3 is 2.59 bits per heavy atom. The molecule has 3 atom stereocenters. The highest BCUT2D eigenvalue weighted by Gasteiger charge is 2.37. The van der Waals surface area contributed by atoms with Crippen molar-refractivity contribution < 1.29 is 19.4 Å². The van der Waals surface area contributed by atoms with Crippen LogP contribution in [0.2, 0.25) is 0 Å². The van der Waals surface area contributed by atoms with Crippen molar-refractivity contribution in [2.24, 2.45) is 17.6 Å². The number of nitrogens with zero attached hydrogens (tertiary/aromatic N) is 1. The van der Waals surface area contributed by atoms with Crippen molar-refractivity contribution in [3.8, 4) is 0 Å². The third-order valence-corrected chi connectivity index (χ3v) is 3.28. The van der Waals surface area contributed by atoms with Crippen LogP contribution in [0.4, 0.5) is 0 Å². The standard InChI is InChI=1S/C11H20N2O4/c1-7-5-13(6-9(7)11(15)16)10(14)3-8(4-12)17-2/h7-9H,3-6,12H2,1-2H3,(H,15,16). The van der Waals surface area contributed by atoms with E-state index in [1.165, 1.54) is 7.11 Å². The van der Waals surface area contributed by atoms with Crippen molar-refractivity contribution in [1.82, 2.24) is 4.90 Å². The molecule has 1 rings (SSSR count). The maximum Gasteiger partial charge on any atom is 0.308 e. The lowest BCUT2D eigenvalue weighted by Crippen LogP contribution is -2.35. The molecule has 3 unspecified atom stereocenters. The third kappa shape index (κ3) is 3.41. The summed E-state index contributed by atoms with van der Waals surface area (Å²) in [5, 5.41) is 8.97. The van der Waals surface area contributed by atoms with Crippen molar-refractivity contribution in [1.29, 1.82) is 0 Å². The lowest BCUT2D eigenvalue weighted by molar-refractivity contribution is -0.142. The van der Waals surface area contributed by atoms with Crippen LogP contribution in [0, 0.1) is 11.8 Å². The fraction of sp³-hybridized carbons (Fsp3) is 0.818. The molecule has 0 aromatic carbocycles. The molecule has 0 bridgehead atoms. The minimum Gasteiger partial charge on any atom is -0.481 e. The average Bonchev–Trinajstić information content (AvgIpc) is 2.68. The summed E-state index contributed by atoms with van der Waals surface area (Å²) < 4.78 is 5.04. The van der Waals surface area contributed by atoms with Crippen molar-refractivity contribution in [3.05, 3.63) is 0 Å². The minimum atomic E-state index is -0.838. The summed E-state index contributed by atoms with van der Waals surface area (Å²) in [4.78, 5) is 24.4. The SMILES string of the molecule is COC(CN)CC(=O)N1CC(C)C(C(=O)O)C1. The zero-order valence-electron chi connectivity index (χ0n) is 10.3. The molecule has 1 fully saturated rings. The van der Waals surface area contributed by atoms with E-state index in [2.05, 4.69) is 0 Å². The van der Waals surface area contributed by atoms with Crippen LogP contribution in [-0.2, 0) is 14.3 Å². The maximum absolute atomic E-state index is 11.9. The predicted octanol–water partition coefficient (Wildman–Crippen LogP) is -0.471. The summed E-state index contributed by atoms with van der Waals surface area (Å²) >= 11 is 0. The van der Waals surface area contributed by atoms with Crippen LogP contribution in [0.1, 0.15) is 13.3 Å². The Bertz CT molecular complexity index is 291. The minimum absolute atomic E-state index is 0.00433. The van der Waals surface area contributed by atoms with E-state index in [9.17, 15) is 9.59 Å². The van der Waals surface area contributed by atoms with Gasteiger partial charge in [0.15, 0.2) is 0 Å². The molecule has 1 amide bonds. The highest BCUT2D eigenvalue weighted by molar-refractivity contribution is 5.79. The smallest absolute Gasteiger partial charge is 0.308 e. The molecule has 0 aromatic rings. The fourth-order valence-corrected chi connectivity index (χ4v) is 2.08.